The maximum atomic E-state index is 10.2. The summed E-state index contributed by atoms with van der Waals surface area (Å²) in [6, 6.07) is 0.333. The molecule has 0 spiro atoms. The third-order valence-corrected chi connectivity index (χ3v) is 1.15. The van der Waals surface area contributed by atoms with Crippen molar-refractivity contribution in [2.75, 3.05) is 13.1 Å². The van der Waals surface area contributed by atoms with Crippen LogP contribution in [0.4, 0.5) is 0 Å². The summed E-state index contributed by atoms with van der Waals surface area (Å²) in [5.41, 5.74) is 0. The molecule has 0 unspecified atom stereocenters. The fraction of sp³-hybridized carbons (Fsp3) is 0.600. The minimum Gasteiger partial charge on any atom is -0.376 e. The van der Waals surface area contributed by atoms with E-state index in [4.69, 9.17) is 0 Å². The molecule has 4 heteroatoms. The predicted molar refractivity (Wildman–Crippen MR) is 30.2 cm³/mol. The number of nitrogens with one attached hydrogen (secondary N) is 2. The molecule has 0 aromatic carbocycles. The SMILES string of the molecule is [CH2-]C(=O)NC1CNC1.[K+]. The molecule has 1 fully saturated rings. The maximum Gasteiger partial charge on any atom is 1.00 e. The van der Waals surface area contributed by atoms with Gasteiger partial charge in [-0.25, -0.2) is 0 Å². The Kier molecular flexibility index (Phi) is 5.20. The average Bonchev–Trinajstić information content (AvgIpc) is 1.55. The Balaban J connectivity index is 0.000000640. The first-order valence-corrected chi connectivity index (χ1v) is 2.62. The van der Waals surface area contributed by atoms with Crippen molar-refractivity contribution in [3.8, 4) is 0 Å². The average molecular weight is 152 g/mol. The number of hydrogen-bond donors (Lipinski definition) is 2. The van der Waals surface area contributed by atoms with Gasteiger partial charge in [0.1, 0.15) is 0 Å². The number of carbonyl (C=O) groups excluding carboxylic acids is 1. The van der Waals surface area contributed by atoms with Crippen LogP contribution < -0.4 is 62.0 Å². The molecule has 46 valence electrons. The minimum absolute atomic E-state index is 0. The van der Waals surface area contributed by atoms with Gasteiger partial charge in [0.15, 0.2) is 0 Å². The predicted octanol–water partition coefficient (Wildman–Crippen LogP) is -4.09. The molecule has 1 saturated heterocycles. The van der Waals surface area contributed by atoms with Gasteiger partial charge in [-0.05, 0) is 0 Å². The molecule has 0 aromatic rings. The number of rotatable bonds is 1. The van der Waals surface area contributed by atoms with Crippen LogP contribution >= 0.6 is 0 Å². The summed E-state index contributed by atoms with van der Waals surface area (Å²) >= 11 is 0. The van der Waals surface area contributed by atoms with Crippen LogP contribution in [-0.4, -0.2) is 25.0 Å². The molecule has 1 rings (SSSR count). The Morgan fingerprint density at radius 1 is 1.67 bits per heavy atom. The molecule has 1 aliphatic rings. The zero-order chi connectivity index (χ0) is 5.98. The molecule has 2 N–H and O–H groups in total. The van der Waals surface area contributed by atoms with Crippen LogP contribution in [0.25, 0.3) is 0 Å². The van der Waals surface area contributed by atoms with Gasteiger partial charge in [-0.1, -0.05) is 0 Å². The monoisotopic (exact) mass is 152 g/mol. The van der Waals surface area contributed by atoms with E-state index in [9.17, 15) is 4.79 Å². The van der Waals surface area contributed by atoms with Gasteiger partial charge < -0.3 is 22.4 Å². The van der Waals surface area contributed by atoms with Crippen LogP contribution in [0.2, 0.25) is 0 Å². The number of hydrogen-bond acceptors (Lipinski definition) is 2. The molecule has 0 bridgehead atoms. The second-order valence-corrected chi connectivity index (χ2v) is 1.92. The Labute approximate surface area is 97.4 Å². The first-order valence-electron chi connectivity index (χ1n) is 2.62. The molecule has 0 saturated carbocycles. The molecule has 0 aliphatic carbocycles. The topological polar surface area (TPSA) is 41.1 Å². The third-order valence-electron chi connectivity index (χ3n) is 1.15. The summed E-state index contributed by atoms with van der Waals surface area (Å²) < 4.78 is 0. The second kappa shape index (κ2) is 4.71. The van der Waals surface area contributed by atoms with Crippen LogP contribution in [0.3, 0.4) is 0 Å². The second-order valence-electron chi connectivity index (χ2n) is 1.92. The summed E-state index contributed by atoms with van der Waals surface area (Å²) in [7, 11) is 0. The van der Waals surface area contributed by atoms with E-state index in [1.807, 2.05) is 0 Å². The summed E-state index contributed by atoms with van der Waals surface area (Å²) in [4.78, 5) is 10.2. The summed E-state index contributed by atoms with van der Waals surface area (Å²) in [5.74, 6) is -0.184. The van der Waals surface area contributed by atoms with Crippen LogP contribution in [-0.2, 0) is 4.79 Å². The van der Waals surface area contributed by atoms with Gasteiger partial charge in [0.25, 0.3) is 0 Å². The van der Waals surface area contributed by atoms with Crippen molar-refractivity contribution in [3.05, 3.63) is 6.92 Å². The van der Waals surface area contributed by atoms with Gasteiger partial charge >= 0.3 is 51.4 Å². The van der Waals surface area contributed by atoms with Crippen molar-refractivity contribution in [1.29, 1.82) is 0 Å². The Bertz CT molecular complexity index is 103. The van der Waals surface area contributed by atoms with Crippen molar-refractivity contribution in [2.45, 2.75) is 6.04 Å². The molecule has 1 amide bonds. The molecule has 1 heterocycles. The fourth-order valence-corrected chi connectivity index (χ4v) is 0.618. The molecule has 0 radical (unpaired) electrons. The van der Waals surface area contributed by atoms with E-state index in [2.05, 4.69) is 17.6 Å². The Hall–Kier alpha value is 0.936. The van der Waals surface area contributed by atoms with Crippen molar-refractivity contribution < 1.29 is 56.2 Å². The van der Waals surface area contributed by atoms with E-state index in [1.54, 1.807) is 0 Å². The van der Waals surface area contributed by atoms with Crippen molar-refractivity contribution in [2.24, 2.45) is 0 Å². The van der Waals surface area contributed by atoms with Crippen LogP contribution in [0.5, 0.6) is 0 Å². The van der Waals surface area contributed by atoms with E-state index in [1.165, 1.54) is 0 Å². The van der Waals surface area contributed by atoms with Crippen molar-refractivity contribution in [1.82, 2.24) is 10.6 Å². The van der Waals surface area contributed by atoms with Gasteiger partial charge in [-0.2, -0.15) is 0 Å². The molecule has 3 nitrogen and oxygen atoms in total. The van der Waals surface area contributed by atoms with Gasteiger partial charge in [0.2, 0.25) is 0 Å². The number of amides is 1. The first-order chi connectivity index (χ1) is 3.79. The molecule has 9 heavy (non-hydrogen) atoms. The van der Waals surface area contributed by atoms with E-state index in [0.717, 1.165) is 13.1 Å². The van der Waals surface area contributed by atoms with E-state index >= 15 is 0 Å². The zero-order valence-electron chi connectivity index (χ0n) is 5.61. The van der Waals surface area contributed by atoms with Gasteiger partial charge in [-0.15, -0.1) is 0 Å². The fourth-order valence-electron chi connectivity index (χ4n) is 0.618. The smallest absolute Gasteiger partial charge is 0.376 e. The molecular weight excluding hydrogens is 143 g/mol. The summed E-state index contributed by atoms with van der Waals surface area (Å²) in [5, 5.41) is 5.69. The first kappa shape index (κ1) is 9.94. The molecule has 0 atom stereocenters. The Morgan fingerprint density at radius 3 is 2.33 bits per heavy atom. The van der Waals surface area contributed by atoms with Gasteiger partial charge in [-0.3, -0.25) is 0 Å². The van der Waals surface area contributed by atoms with Crippen LogP contribution in [0.15, 0.2) is 0 Å². The molecule has 0 aromatic heterocycles. The van der Waals surface area contributed by atoms with Crippen molar-refractivity contribution in [3.63, 3.8) is 0 Å². The van der Waals surface area contributed by atoms with E-state index < -0.39 is 0 Å². The van der Waals surface area contributed by atoms with Gasteiger partial charge in [0.05, 0.1) is 11.9 Å². The van der Waals surface area contributed by atoms with E-state index in [0.29, 0.717) is 6.04 Å². The maximum absolute atomic E-state index is 10.2. The minimum atomic E-state index is -0.184. The third kappa shape index (κ3) is 3.59. The van der Waals surface area contributed by atoms with Crippen LogP contribution in [0.1, 0.15) is 0 Å². The number of carbonyl (C=O) groups is 1. The largest absolute Gasteiger partial charge is 1.00 e. The normalized spacial score (nSPS) is 17.3. The zero-order valence-corrected chi connectivity index (χ0v) is 8.73. The molecule has 1 aliphatic heterocycles. The van der Waals surface area contributed by atoms with Crippen molar-refractivity contribution >= 4 is 5.91 Å². The molecular formula is C5H9KN2O. The Morgan fingerprint density at radius 2 is 2.22 bits per heavy atom. The summed E-state index contributed by atoms with van der Waals surface area (Å²) in [6.45, 7) is 4.96. The quantitative estimate of drug-likeness (QED) is 0.296. The summed E-state index contributed by atoms with van der Waals surface area (Å²) in [6.07, 6.45) is 0. The van der Waals surface area contributed by atoms with Gasteiger partial charge in [0, 0.05) is 13.1 Å². The van der Waals surface area contributed by atoms with E-state index in [-0.39, 0.29) is 57.3 Å². The van der Waals surface area contributed by atoms with Crippen LogP contribution in [0, 0.1) is 6.92 Å². The standard InChI is InChI=1S/C5H9N2O.K/c1-4(8)7-5-2-6-3-5;/h5-6H,1-3H2,(H,7,8);/q-1;+1.